The number of aromatic nitrogens is 1. The van der Waals surface area contributed by atoms with Gasteiger partial charge in [-0.3, -0.25) is 9.36 Å². The van der Waals surface area contributed by atoms with Gasteiger partial charge in [-0.05, 0) is 48.6 Å². The molecule has 1 N–H and O–H groups in total. The Balaban J connectivity index is 1.87. The summed E-state index contributed by atoms with van der Waals surface area (Å²) in [5.74, 6) is 0. The fourth-order valence-electron chi connectivity index (χ4n) is 3.15. The molecule has 150 valence electrons. The van der Waals surface area contributed by atoms with Crippen molar-refractivity contribution in [3.05, 3.63) is 63.3 Å². The van der Waals surface area contributed by atoms with Crippen LogP contribution in [0.2, 0.25) is 0 Å². The van der Waals surface area contributed by atoms with E-state index in [2.05, 4.69) is 25.5 Å². The van der Waals surface area contributed by atoms with Gasteiger partial charge in [0, 0.05) is 12.6 Å². The highest BCUT2D eigenvalue weighted by molar-refractivity contribution is 7.89. The quantitative estimate of drug-likeness (QED) is 0.667. The molecular formula is C21H26N2O3S2. The molecule has 0 radical (unpaired) electrons. The Morgan fingerprint density at radius 1 is 1.11 bits per heavy atom. The van der Waals surface area contributed by atoms with Crippen LogP contribution >= 0.6 is 11.3 Å². The van der Waals surface area contributed by atoms with E-state index in [1.165, 1.54) is 5.56 Å². The van der Waals surface area contributed by atoms with Crippen molar-refractivity contribution in [3.63, 3.8) is 0 Å². The second-order valence-electron chi connectivity index (χ2n) is 7.96. The predicted molar refractivity (Wildman–Crippen MR) is 116 cm³/mol. The Bertz CT molecular complexity index is 1150. The first-order valence-corrected chi connectivity index (χ1v) is 11.6. The van der Waals surface area contributed by atoms with E-state index in [-0.39, 0.29) is 21.2 Å². The molecule has 28 heavy (non-hydrogen) atoms. The topological polar surface area (TPSA) is 68.2 Å². The number of hydrogen-bond acceptors (Lipinski definition) is 4. The highest BCUT2D eigenvalue weighted by Gasteiger charge is 2.21. The average molecular weight is 419 g/mol. The van der Waals surface area contributed by atoms with Crippen LogP contribution in [0.4, 0.5) is 0 Å². The van der Waals surface area contributed by atoms with E-state index < -0.39 is 10.0 Å². The van der Waals surface area contributed by atoms with Gasteiger partial charge in [-0.15, -0.1) is 0 Å². The summed E-state index contributed by atoms with van der Waals surface area (Å²) >= 11 is 1.07. The number of benzene rings is 2. The SMILES string of the molecule is CCn1c(=O)sc2cc(S(=O)(=O)N[C@H](C)c3ccc(C(C)(C)C)cc3)ccc21. The van der Waals surface area contributed by atoms with E-state index in [9.17, 15) is 13.2 Å². The zero-order chi connectivity index (χ0) is 20.7. The molecule has 0 aliphatic rings. The summed E-state index contributed by atoms with van der Waals surface area (Å²) in [6, 6.07) is 12.5. The van der Waals surface area contributed by atoms with Gasteiger partial charge in [-0.1, -0.05) is 56.4 Å². The second kappa shape index (κ2) is 7.46. The summed E-state index contributed by atoms with van der Waals surface area (Å²) in [5, 5.41) is 0. The van der Waals surface area contributed by atoms with Gasteiger partial charge in [-0.25, -0.2) is 13.1 Å². The molecule has 0 aliphatic carbocycles. The monoisotopic (exact) mass is 418 g/mol. The zero-order valence-electron chi connectivity index (χ0n) is 16.8. The molecule has 5 nitrogen and oxygen atoms in total. The van der Waals surface area contributed by atoms with Gasteiger partial charge < -0.3 is 0 Å². The van der Waals surface area contributed by atoms with Gasteiger partial charge in [0.15, 0.2) is 0 Å². The van der Waals surface area contributed by atoms with Crippen LogP contribution in [0.25, 0.3) is 10.2 Å². The van der Waals surface area contributed by atoms with E-state index in [4.69, 9.17) is 0 Å². The van der Waals surface area contributed by atoms with Crippen molar-refractivity contribution in [2.45, 2.75) is 57.5 Å². The molecule has 1 atom stereocenters. The third-order valence-corrected chi connectivity index (χ3v) is 7.36. The number of nitrogens with zero attached hydrogens (tertiary/aromatic N) is 1. The van der Waals surface area contributed by atoms with Gasteiger partial charge in [0.25, 0.3) is 0 Å². The lowest BCUT2D eigenvalue weighted by molar-refractivity contribution is 0.566. The molecule has 0 aliphatic heterocycles. The fraction of sp³-hybridized carbons (Fsp3) is 0.381. The van der Waals surface area contributed by atoms with Gasteiger partial charge in [0.2, 0.25) is 10.0 Å². The number of thiazole rings is 1. The summed E-state index contributed by atoms with van der Waals surface area (Å²) < 4.78 is 30.8. The predicted octanol–water partition coefficient (Wildman–Crippen LogP) is 4.42. The van der Waals surface area contributed by atoms with Gasteiger partial charge in [0.05, 0.1) is 15.1 Å². The van der Waals surface area contributed by atoms with Crippen molar-refractivity contribution in [2.24, 2.45) is 0 Å². The number of sulfonamides is 1. The Kier molecular flexibility index (Phi) is 5.53. The minimum absolute atomic E-state index is 0.0488. The summed E-state index contributed by atoms with van der Waals surface area (Å²) in [7, 11) is -3.70. The highest BCUT2D eigenvalue weighted by Crippen LogP contribution is 2.26. The van der Waals surface area contributed by atoms with Crippen LogP contribution in [-0.2, 0) is 22.0 Å². The number of aryl methyl sites for hydroxylation is 1. The summed E-state index contributed by atoms with van der Waals surface area (Å²) in [4.78, 5) is 12.1. The van der Waals surface area contributed by atoms with E-state index in [0.29, 0.717) is 11.2 Å². The number of hydrogen-bond donors (Lipinski definition) is 1. The maximum Gasteiger partial charge on any atom is 0.308 e. The third kappa shape index (κ3) is 4.06. The first-order chi connectivity index (χ1) is 13.0. The van der Waals surface area contributed by atoms with Crippen LogP contribution in [0, 0.1) is 0 Å². The largest absolute Gasteiger partial charge is 0.308 e. The number of fused-ring (bicyclic) bond motifs is 1. The minimum Gasteiger partial charge on any atom is -0.299 e. The Morgan fingerprint density at radius 3 is 2.32 bits per heavy atom. The molecule has 0 saturated carbocycles. The van der Waals surface area contributed by atoms with Crippen LogP contribution < -0.4 is 9.60 Å². The maximum atomic E-state index is 12.9. The molecular weight excluding hydrogens is 392 g/mol. The van der Waals surface area contributed by atoms with Gasteiger partial charge in [0.1, 0.15) is 0 Å². The zero-order valence-corrected chi connectivity index (χ0v) is 18.4. The Morgan fingerprint density at radius 2 is 1.75 bits per heavy atom. The average Bonchev–Trinajstić information content (AvgIpc) is 2.94. The summed E-state index contributed by atoms with van der Waals surface area (Å²) in [6.07, 6.45) is 0. The van der Waals surface area contributed by atoms with Crippen molar-refractivity contribution >= 4 is 31.6 Å². The summed E-state index contributed by atoms with van der Waals surface area (Å²) in [5.41, 5.74) is 2.92. The molecule has 3 rings (SSSR count). The Labute approximate surface area is 170 Å². The molecule has 0 fully saturated rings. The van der Waals surface area contributed by atoms with E-state index in [0.717, 1.165) is 22.4 Å². The van der Waals surface area contributed by atoms with Crippen LogP contribution in [-0.4, -0.2) is 13.0 Å². The van der Waals surface area contributed by atoms with Crippen LogP contribution in [0.15, 0.2) is 52.2 Å². The molecule has 0 bridgehead atoms. The van der Waals surface area contributed by atoms with Crippen LogP contribution in [0.1, 0.15) is 51.8 Å². The van der Waals surface area contributed by atoms with E-state index in [1.54, 1.807) is 22.8 Å². The molecule has 7 heteroatoms. The fourth-order valence-corrected chi connectivity index (χ4v) is 5.48. The minimum atomic E-state index is -3.70. The number of rotatable bonds is 5. The van der Waals surface area contributed by atoms with Crippen molar-refractivity contribution in [3.8, 4) is 0 Å². The molecule has 1 heterocycles. The van der Waals surface area contributed by atoms with Gasteiger partial charge >= 0.3 is 4.87 Å². The molecule has 1 aromatic heterocycles. The molecule has 0 amide bonds. The lowest BCUT2D eigenvalue weighted by Crippen LogP contribution is -2.27. The Hall–Kier alpha value is -1.96. The normalized spacial score (nSPS) is 13.8. The first-order valence-electron chi connectivity index (χ1n) is 9.29. The standard InChI is InChI=1S/C21H26N2O3S2/c1-6-23-18-12-11-17(13-19(18)27-20(23)24)28(25,26)22-14(2)15-7-9-16(10-8-15)21(3,4)5/h7-14,22H,6H2,1-5H3/t14-/m1/s1. The van der Waals surface area contributed by atoms with Crippen molar-refractivity contribution < 1.29 is 8.42 Å². The second-order valence-corrected chi connectivity index (χ2v) is 10.7. The summed E-state index contributed by atoms with van der Waals surface area (Å²) in [6.45, 7) is 10.7. The molecule has 2 aromatic carbocycles. The lowest BCUT2D eigenvalue weighted by atomic mass is 9.86. The molecule has 0 unspecified atom stereocenters. The maximum absolute atomic E-state index is 12.9. The van der Waals surface area contributed by atoms with E-state index in [1.807, 2.05) is 38.1 Å². The smallest absolute Gasteiger partial charge is 0.299 e. The first kappa shape index (κ1) is 20.8. The molecule has 3 aromatic rings. The van der Waals surface area contributed by atoms with Gasteiger partial charge in [-0.2, -0.15) is 0 Å². The van der Waals surface area contributed by atoms with Crippen molar-refractivity contribution in [1.29, 1.82) is 0 Å². The number of nitrogens with one attached hydrogen (secondary N) is 1. The molecule has 0 saturated heterocycles. The lowest BCUT2D eigenvalue weighted by Gasteiger charge is -2.20. The highest BCUT2D eigenvalue weighted by atomic mass is 32.2. The van der Waals surface area contributed by atoms with Crippen molar-refractivity contribution in [2.75, 3.05) is 0 Å². The van der Waals surface area contributed by atoms with E-state index >= 15 is 0 Å². The molecule has 0 spiro atoms. The van der Waals surface area contributed by atoms with Crippen LogP contribution in [0.3, 0.4) is 0 Å². The van der Waals surface area contributed by atoms with Crippen molar-refractivity contribution in [1.82, 2.24) is 9.29 Å². The third-order valence-electron chi connectivity index (χ3n) is 4.87. The van der Waals surface area contributed by atoms with Crippen LogP contribution in [0.5, 0.6) is 0 Å².